The average molecular weight is 166 g/mol. The molecule has 13 heavy (non-hydrogen) atoms. The van der Waals surface area contributed by atoms with Crippen LogP contribution in [0.5, 0.6) is 0 Å². The Kier molecular flexibility index (Phi) is 3.30. The first-order chi connectivity index (χ1) is 5.86. The third kappa shape index (κ3) is 2.21. The molecule has 0 unspecified atom stereocenters. The van der Waals surface area contributed by atoms with Crippen LogP contribution >= 0.6 is 0 Å². The smallest absolute Gasteiger partial charge is 0.423 e. The maximum absolute atomic E-state index is 5.23. The van der Waals surface area contributed by atoms with Crippen molar-refractivity contribution in [3.8, 4) is 11.5 Å². The number of nitrogens with zero attached hydrogens (tertiary/aromatic N) is 2. The largest absolute Gasteiger partial charge is 1.00 e. The van der Waals surface area contributed by atoms with Crippen molar-refractivity contribution < 1.29 is 23.3 Å². The Balaban J connectivity index is 0.000000845. The minimum Gasteiger partial charge on any atom is -0.423 e. The minimum absolute atomic E-state index is 0. The van der Waals surface area contributed by atoms with Crippen molar-refractivity contribution in [1.29, 1.82) is 0 Å². The summed E-state index contributed by atoms with van der Waals surface area (Å²) >= 11 is 0. The monoisotopic (exact) mass is 166 g/mol. The van der Waals surface area contributed by atoms with Crippen LogP contribution in [0.15, 0.2) is 28.7 Å². The van der Waals surface area contributed by atoms with Gasteiger partial charge in [0.15, 0.2) is 0 Å². The van der Waals surface area contributed by atoms with Gasteiger partial charge in [-0.25, -0.2) is 0 Å². The molecule has 3 nitrogen and oxygen atoms in total. The van der Waals surface area contributed by atoms with E-state index in [4.69, 9.17) is 4.42 Å². The molecule has 1 heterocycles. The molecular formula is C9H7LiN2O. The second-order valence-corrected chi connectivity index (χ2v) is 2.41. The van der Waals surface area contributed by atoms with Gasteiger partial charge in [0.2, 0.25) is 11.8 Å². The van der Waals surface area contributed by atoms with Gasteiger partial charge in [-0.15, -0.1) is 10.2 Å². The topological polar surface area (TPSA) is 38.9 Å². The Morgan fingerprint density at radius 2 is 1.92 bits per heavy atom. The van der Waals surface area contributed by atoms with Crippen LogP contribution < -0.4 is 18.9 Å². The summed E-state index contributed by atoms with van der Waals surface area (Å²) in [5.74, 6) is 1.14. The van der Waals surface area contributed by atoms with E-state index >= 15 is 0 Å². The van der Waals surface area contributed by atoms with Crippen LogP contribution in [-0.2, 0) is 0 Å². The molecule has 1 aromatic carbocycles. The summed E-state index contributed by atoms with van der Waals surface area (Å²) in [4.78, 5) is 0. The van der Waals surface area contributed by atoms with E-state index in [1.54, 1.807) is 6.92 Å². The molecule has 4 heteroatoms. The second-order valence-electron chi connectivity index (χ2n) is 2.41. The molecule has 0 saturated heterocycles. The molecule has 0 aliphatic carbocycles. The molecule has 2 aromatic rings. The second kappa shape index (κ2) is 4.27. The Labute approximate surface area is 88.4 Å². The molecule has 0 saturated carbocycles. The molecule has 1 aromatic heterocycles. The predicted molar refractivity (Wildman–Crippen MR) is 43.3 cm³/mol. The maximum atomic E-state index is 5.23. The van der Waals surface area contributed by atoms with Crippen molar-refractivity contribution in [2.24, 2.45) is 0 Å². The van der Waals surface area contributed by atoms with Gasteiger partial charge in [0.1, 0.15) is 0 Å². The number of aryl methyl sites for hydroxylation is 1. The number of benzene rings is 1. The third-order valence-corrected chi connectivity index (χ3v) is 1.49. The zero-order valence-electron chi connectivity index (χ0n) is 7.61. The summed E-state index contributed by atoms with van der Waals surface area (Å²) in [5.41, 5.74) is 0.925. The van der Waals surface area contributed by atoms with Crippen LogP contribution in [0.25, 0.3) is 11.5 Å². The van der Waals surface area contributed by atoms with Gasteiger partial charge in [0.05, 0.1) is 0 Å². The van der Waals surface area contributed by atoms with E-state index in [9.17, 15) is 0 Å². The van der Waals surface area contributed by atoms with E-state index in [0.29, 0.717) is 11.8 Å². The van der Waals surface area contributed by atoms with Crippen molar-refractivity contribution in [1.82, 2.24) is 10.2 Å². The fraction of sp³-hybridized carbons (Fsp3) is 0.111. The van der Waals surface area contributed by atoms with E-state index in [2.05, 4.69) is 16.3 Å². The molecule has 0 aliphatic rings. The first-order valence-electron chi connectivity index (χ1n) is 3.63. The number of aromatic nitrogens is 2. The molecule has 60 valence electrons. The Bertz CT molecular complexity index is 372. The van der Waals surface area contributed by atoms with Gasteiger partial charge >= 0.3 is 18.9 Å². The molecule has 0 N–H and O–H groups in total. The first kappa shape index (κ1) is 10.0. The van der Waals surface area contributed by atoms with Gasteiger partial charge in [-0.3, -0.25) is 0 Å². The summed E-state index contributed by atoms with van der Waals surface area (Å²) < 4.78 is 5.23. The van der Waals surface area contributed by atoms with Crippen molar-refractivity contribution >= 4 is 0 Å². The summed E-state index contributed by atoms with van der Waals surface area (Å²) in [6.45, 7) is 1.77. The van der Waals surface area contributed by atoms with Crippen molar-refractivity contribution in [3.05, 3.63) is 36.2 Å². The van der Waals surface area contributed by atoms with Crippen LogP contribution in [0.3, 0.4) is 0 Å². The van der Waals surface area contributed by atoms with E-state index in [1.165, 1.54) is 0 Å². The van der Waals surface area contributed by atoms with E-state index in [-0.39, 0.29) is 18.9 Å². The molecule has 0 radical (unpaired) electrons. The minimum atomic E-state index is 0. The van der Waals surface area contributed by atoms with Crippen LogP contribution in [0.1, 0.15) is 5.89 Å². The van der Waals surface area contributed by atoms with Crippen molar-refractivity contribution in [2.75, 3.05) is 0 Å². The molecule has 2 rings (SSSR count). The van der Waals surface area contributed by atoms with Crippen LogP contribution in [0.4, 0.5) is 0 Å². The van der Waals surface area contributed by atoms with Gasteiger partial charge in [0, 0.05) is 6.92 Å². The Morgan fingerprint density at radius 3 is 2.46 bits per heavy atom. The molecule has 0 aliphatic heterocycles. The SMILES string of the molecule is Cc1nnc(-c2cc[c-]cc2)o1.[Li+]. The first-order valence-corrected chi connectivity index (χ1v) is 3.63. The summed E-state index contributed by atoms with van der Waals surface area (Å²) in [6, 6.07) is 10.3. The number of hydrogen-bond donors (Lipinski definition) is 0. The maximum Gasteiger partial charge on any atom is 1.00 e. The summed E-state index contributed by atoms with van der Waals surface area (Å²) in [7, 11) is 0. The van der Waals surface area contributed by atoms with Gasteiger partial charge in [0.25, 0.3) is 0 Å². The van der Waals surface area contributed by atoms with Gasteiger partial charge in [-0.1, -0.05) is 5.56 Å². The molecule has 0 bridgehead atoms. The zero-order chi connectivity index (χ0) is 8.39. The van der Waals surface area contributed by atoms with E-state index in [1.807, 2.05) is 24.3 Å². The Morgan fingerprint density at radius 1 is 1.23 bits per heavy atom. The number of hydrogen-bond acceptors (Lipinski definition) is 3. The van der Waals surface area contributed by atoms with Gasteiger partial charge < -0.3 is 4.42 Å². The predicted octanol–water partition coefficient (Wildman–Crippen LogP) is -1.15. The fourth-order valence-corrected chi connectivity index (χ4v) is 0.943. The average Bonchev–Trinajstić information content (AvgIpc) is 2.54. The van der Waals surface area contributed by atoms with E-state index in [0.717, 1.165) is 5.56 Å². The summed E-state index contributed by atoms with van der Waals surface area (Å²) in [6.07, 6.45) is 0. The summed E-state index contributed by atoms with van der Waals surface area (Å²) in [5, 5.41) is 7.62. The molecular weight excluding hydrogens is 159 g/mol. The molecule has 0 spiro atoms. The normalized spacial score (nSPS) is 9.31. The van der Waals surface area contributed by atoms with Gasteiger partial charge in [-0.05, 0) is 0 Å². The quantitative estimate of drug-likeness (QED) is 0.396. The number of rotatable bonds is 1. The van der Waals surface area contributed by atoms with E-state index < -0.39 is 0 Å². The Hall–Kier alpha value is -1.04. The third-order valence-electron chi connectivity index (χ3n) is 1.49. The molecule has 0 atom stereocenters. The zero-order valence-corrected chi connectivity index (χ0v) is 7.61. The fourth-order valence-electron chi connectivity index (χ4n) is 0.943. The van der Waals surface area contributed by atoms with Crippen LogP contribution in [0.2, 0.25) is 0 Å². The van der Waals surface area contributed by atoms with Crippen LogP contribution in [-0.4, -0.2) is 10.2 Å². The molecule has 0 amide bonds. The van der Waals surface area contributed by atoms with Crippen molar-refractivity contribution in [2.45, 2.75) is 6.92 Å². The standard InChI is InChI=1S/C9H7N2O.Li/c1-7-10-11-9(12-7)8-5-3-2-4-6-8;/h3-6H,1H3;/q-1;+1. The van der Waals surface area contributed by atoms with Gasteiger partial charge in [-0.2, -0.15) is 30.3 Å². The molecule has 0 fully saturated rings. The van der Waals surface area contributed by atoms with Crippen LogP contribution in [0, 0.1) is 13.0 Å². The van der Waals surface area contributed by atoms with Crippen molar-refractivity contribution in [3.63, 3.8) is 0 Å².